The first-order chi connectivity index (χ1) is 16.6. The Morgan fingerprint density at radius 1 is 1.23 bits per heavy atom. The molecule has 0 radical (unpaired) electrons. The van der Waals surface area contributed by atoms with Crippen LogP contribution in [-0.4, -0.2) is 24.1 Å². The van der Waals surface area contributed by atoms with Crippen molar-refractivity contribution in [3.63, 3.8) is 0 Å². The molecule has 2 N–H and O–H groups in total. The van der Waals surface area contributed by atoms with E-state index in [1.54, 1.807) is 24.8 Å². The summed E-state index contributed by atoms with van der Waals surface area (Å²) in [7, 11) is 1.27. The van der Waals surface area contributed by atoms with Gasteiger partial charge in [0.25, 0.3) is 0 Å². The number of allylic oxidation sites excluding steroid dienone is 1. The summed E-state index contributed by atoms with van der Waals surface area (Å²) >= 11 is 1.94. The summed E-state index contributed by atoms with van der Waals surface area (Å²) < 4.78 is 9.60. The van der Waals surface area contributed by atoms with Crippen LogP contribution in [0.5, 0.6) is 5.75 Å². The van der Waals surface area contributed by atoms with Gasteiger partial charge >= 0.3 is 11.7 Å². The quantitative estimate of drug-likeness (QED) is 0.259. The Balaban J connectivity index is 0.000000462. The summed E-state index contributed by atoms with van der Waals surface area (Å²) in [6.07, 6.45) is 9.23. The molecule has 2 aromatic rings. The largest absolute Gasteiger partial charge is 0.507 e. The number of unbranched alkanes of at least 4 members (excludes halogenated alkanes) is 2. The molecule has 2 aromatic heterocycles. The number of amides is 1. The lowest BCUT2D eigenvalue weighted by atomic mass is 9.99. The number of ether oxygens (including phenoxy) is 1. The molecule has 0 aromatic carbocycles. The molecule has 0 fully saturated rings. The first-order valence-electron chi connectivity index (χ1n) is 12.1. The van der Waals surface area contributed by atoms with Crippen LogP contribution >= 0.6 is 11.3 Å². The van der Waals surface area contributed by atoms with Gasteiger partial charge in [-0.25, -0.2) is 9.59 Å². The van der Waals surface area contributed by atoms with E-state index in [2.05, 4.69) is 36.0 Å². The van der Waals surface area contributed by atoms with Crippen LogP contribution in [0.4, 0.5) is 4.79 Å². The molecule has 2 heterocycles. The summed E-state index contributed by atoms with van der Waals surface area (Å²) in [5.74, 6) is -1.04. The number of ketones is 1. The monoisotopic (exact) mass is 505 g/mol. The van der Waals surface area contributed by atoms with Crippen molar-refractivity contribution in [3.8, 4) is 5.75 Å². The van der Waals surface area contributed by atoms with Gasteiger partial charge in [0.15, 0.2) is 5.78 Å². The Bertz CT molecular complexity index is 1020. The molecule has 7 nitrogen and oxygen atoms in total. The second-order valence-corrected chi connectivity index (χ2v) is 10.1. The number of nitrogens with one attached hydrogen (secondary N) is 1. The van der Waals surface area contributed by atoms with Crippen molar-refractivity contribution in [2.75, 3.05) is 7.11 Å². The third kappa shape index (κ3) is 10.9. The van der Waals surface area contributed by atoms with Crippen molar-refractivity contribution in [2.45, 2.75) is 79.1 Å². The Morgan fingerprint density at radius 2 is 1.94 bits per heavy atom. The number of carbonyl (C=O) groups is 2. The number of alkyl carbamates (subject to hydrolysis) is 1. The van der Waals surface area contributed by atoms with Crippen LogP contribution in [0.15, 0.2) is 39.7 Å². The fourth-order valence-electron chi connectivity index (χ4n) is 3.18. The molecule has 0 aliphatic carbocycles. The van der Waals surface area contributed by atoms with Gasteiger partial charge in [0.05, 0.1) is 7.11 Å². The van der Waals surface area contributed by atoms with Crippen LogP contribution in [-0.2, 0) is 11.2 Å². The number of Topliss-reactive ketones (excluding diaryl/α,β-unsaturated/α-hetero) is 1. The maximum absolute atomic E-state index is 12.0. The number of carbonyl (C=O) groups excluding carboxylic acids is 2. The number of aryl methyl sites for hydroxylation is 2. The first-order valence-corrected chi connectivity index (χ1v) is 12.9. The number of methoxy groups -OCH3 is 1. The number of hydrogen-bond donors (Lipinski definition) is 2. The lowest BCUT2D eigenvalue weighted by molar-refractivity contribution is 0.0931. The smallest absolute Gasteiger partial charge is 0.410 e. The summed E-state index contributed by atoms with van der Waals surface area (Å²) in [5.41, 5.74) is -1.12. The van der Waals surface area contributed by atoms with Gasteiger partial charge in [0.1, 0.15) is 17.1 Å². The SMILES string of the molecule is CCCCCc1ccc(C)s1.COC(=O)N/C=C/CCC(C)c1cc(O)c(C(=O)C(C)C)c(=O)o1. The molecule has 0 spiro atoms. The number of hydrogen-bond acceptors (Lipinski definition) is 7. The standard InChI is InChI=1S/C17H23NO6.C10H16S/c1-10(2)15(20)14-12(19)9-13(24-16(14)21)11(3)7-5-6-8-18-17(22)23-4;1-3-4-5-6-10-8-7-9(2)11-10/h6,8-11,19H,5,7H2,1-4H3,(H,18,22);7-8H,3-6H2,1-2H3/b8-6+;. The normalized spacial score (nSPS) is 11.7. The van der Waals surface area contributed by atoms with Crippen LogP contribution in [0.3, 0.4) is 0 Å². The highest BCUT2D eigenvalue weighted by molar-refractivity contribution is 7.11. The van der Waals surface area contributed by atoms with Gasteiger partial charge in [-0.15, -0.1) is 11.3 Å². The molecule has 8 heteroatoms. The zero-order valence-electron chi connectivity index (χ0n) is 21.7. The van der Waals surface area contributed by atoms with Crippen LogP contribution < -0.4 is 10.9 Å². The van der Waals surface area contributed by atoms with Gasteiger partial charge in [0, 0.05) is 33.9 Å². The molecule has 194 valence electrons. The molecule has 1 atom stereocenters. The predicted octanol–water partition coefficient (Wildman–Crippen LogP) is 6.73. The molecule has 0 bridgehead atoms. The highest BCUT2D eigenvalue weighted by Gasteiger charge is 2.22. The third-order valence-corrected chi connectivity index (χ3v) is 6.36. The minimum Gasteiger partial charge on any atom is -0.507 e. The minimum absolute atomic E-state index is 0.144. The Hall–Kier alpha value is -2.87. The minimum atomic E-state index is -0.821. The summed E-state index contributed by atoms with van der Waals surface area (Å²) in [6, 6.07) is 5.79. The molecule has 0 aliphatic rings. The topological polar surface area (TPSA) is 106 Å². The van der Waals surface area contributed by atoms with E-state index < -0.39 is 23.4 Å². The zero-order valence-corrected chi connectivity index (χ0v) is 22.5. The zero-order chi connectivity index (χ0) is 26.4. The van der Waals surface area contributed by atoms with E-state index in [-0.39, 0.29) is 17.2 Å². The molecular formula is C27H39NO6S. The summed E-state index contributed by atoms with van der Waals surface area (Å²) in [5, 5.41) is 12.4. The first kappa shape index (κ1) is 30.2. The molecule has 1 unspecified atom stereocenters. The van der Waals surface area contributed by atoms with E-state index in [0.717, 1.165) is 0 Å². The van der Waals surface area contributed by atoms with Crippen molar-refractivity contribution in [1.29, 1.82) is 0 Å². The second kappa shape index (κ2) is 15.9. The van der Waals surface area contributed by atoms with E-state index in [1.165, 1.54) is 49.9 Å². The lowest BCUT2D eigenvalue weighted by Crippen LogP contribution is -2.19. The molecule has 35 heavy (non-hydrogen) atoms. The predicted molar refractivity (Wildman–Crippen MR) is 140 cm³/mol. The lowest BCUT2D eigenvalue weighted by Gasteiger charge is -2.11. The van der Waals surface area contributed by atoms with Gasteiger partial charge in [-0.3, -0.25) is 10.1 Å². The highest BCUT2D eigenvalue weighted by atomic mass is 32.1. The van der Waals surface area contributed by atoms with Crippen molar-refractivity contribution in [2.24, 2.45) is 5.92 Å². The average Bonchev–Trinajstić information content (AvgIpc) is 3.23. The number of thiophene rings is 1. The second-order valence-electron chi connectivity index (χ2n) is 8.70. The fraction of sp³-hybridized carbons (Fsp3) is 0.519. The van der Waals surface area contributed by atoms with Gasteiger partial charge in [-0.2, -0.15) is 0 Å². The van der Waals surface area contributed by atoms with Crippen molar-refractivity contribution in [1.82, 2.24) is 5.32 Å². The maximum atomic E-state index is 12.0. The number of aromatic hydroxyl groups is 1. The summed E-state index contributed by atoms with van der Waals surface area (Å²) in [6.45, 7) is 9.55. The van der Waals surface area contributed by atoms with E-state index in [1.807, 2.05) is 18.3 Å². The van der Waals surface area contributed by atoms with Crippen molar-refractivity contribution < 1.29 is 23.8 Å². The van der Waals surface area contributed by atoms with Gasteiger partial charge < -0.3 is 14.3 Å². The van der Waals surface area contributed by atoms with Crippen LogP contribution in [0.2, 0.25) is 0 Å². The van der Waals surface area contributed by atoms with E-state index >= 15 is 0 Å². The van der Waals surface area contributed by atoms with E-state index in [9.17, 15) is 19.5 Å². The fourth-order valence-corrected chi connectivity index (χ4v) is 4.12. The van der Waals surface area contributed by atoms with Gasteiger partial charge in [0.2, 0.25) is 0 Å². The summed E-state index contributed by atoms with van der Waals surface area (Å²) in [4.78, 5) is 37.7. The van der Waals surface area contributed by atoms with Gasteiger partial charge in [-0.05, 0) is 44.7 Å². The van der Waals surface area contributed by atoms with Crippen molar-refractivity contribution in [3.05, 3.63) is 62.0 Å². The Morgan fingerprint density at radius 3 is 2.49 bits per heavy atom. The molecule has 0 aliphatic heterocycles. The van der Waals surface area contributed by atoms with Crippen molar-refractivity contribution >= 4 is 23.2 Å². The highest BCUT2D eigenvalue weighted by Crippen LogP contribution is 2.25. The molecule has 0 saturated carbocycles. The average molecular weight is 506 g/mol. The van der Waals surface area contributed by atoms with E-state index in [4.69, 9.17) is 4.42 Å². The van der Waals surface area contributed by atoms with Crippen LogP contribution in [0, 0.1) is 12.8 Å². The molecular weight excluding hydrogens is 466 g/mol. The van der Waals surface area contributed by atoms with Crippen LogP contribution in [0.25, 0.3) is 0 Å². The molecule has 1 amide bonds. The van der Waals surface area contributed by atoms with Gasteiger partial charge in [-0.1, -0.05) is 46.6 Å². The molecule has 0 saturated heterocycles. The Labute approximate surface area is 212 Å². The maximum Gasteiger partial charge on any atom is 0.410 e. The molecule has 2 rings (SSSR count). The van der Waals surface area contributed by atoms with E-state index in [0.29, 0.717) is 18.6 Å². The van der Waals surface area contributed by atoms with Crippen LogP contribution in [0.1, 0.15) is 91.6 Å². The Kier molecular flexibility index (Phi) is 13.7. The number of rotatable bonds is 11. The third-order valence-electron chi connectivity index (χ3n) is 5.30.